The lowest BCUT2D eigenvalue weighted by Crippen LogP contribution is -2.22. The van der Waals surface area contributed by atoms with Crippen LogP contribution in [0.3, 0.4) is 0 Å². The largest absolute Gasteiger partial charge is 0.301 e. The van der Waals surface area contributed by atoms with Crippen LogP contribution in [0.15, 0.2) is 51.3 Å². The summed E-state index contributed by atoms with van der Waals surface area (Å²) in [7, 11) is 0. The van der Waals surface area contributed by atoms with Crippen molar-refractivity contribution in [3.63, 3.8) is 0 Å². The number of hydrogen-bond acceptors (Lipinski definition) is 6. The monoisotopic (exact) mass is 486 g/mol. The SMILES string of the molecule is CCCc1ccc(C#N)c(SC(C)C(=O)Nc2nc(-c3ccc(Br)cc3)cs2)n1. The maximum absolute atomic E-state index is 12.6. The molecule has 2 heterocycles. The Hall–Kier alpha value is -2.21. The molecule has 1 N–H and O–H groups in total. The average Bonchev–Trinajstić information content (AvgIpc) is 3.17. The molecule has 0 fully saturated rings. The van der Waals surface area contributed by atoms with Gasteiger partial charge in [-0.15, -0.1) is 11.3 Å². The standard InChI is InChI=1S/C21H19BrN4OS2/c1-3-4-17-10-7-15(11-23)20(24-17)29-13(2)19(27)26-21-25-18(12-28-21)14-5-8-16(22)9-6-14/h5-10,12-13H,3-4H2,1-2H3,(H,25,26,27). The topological polar surface area (TPSA) is 78.7 Å². The maximum Gasteiger partial charge on any atom is 0.239 e. The number of nitrogens with one attached hydrogen (secondary N) is 1. The zero-order chi connectivity index (χ0) is 20.8. The van der Waals surface area contributed by atoms with E-state index < -0.39 is 5.25 Å². The number of carbonyl (C=O) groups is 1. The molecule has 1 aromatic carbocycles. The van der Waals surface area contributed by atoms with Crippen LogP contribution in [0.5, 0.6) is 0 Å². The Morgan fingerprint density at radius 3 is 2.72 bits per heavy atom. The molecule has 1 unspecified atom stereocenters. The van der Waals surface area contributed by atoms with E-state index in [4.69, 9.17) is 0 Å². The molecule has 8 heteroatoms. The number of thiazole rings is 1. The van der Waals surface area contributed by atoms with Gasteiger partial charge in [-0.3, -0.25) is 4.79 Å². The van der Waals surface area contributed by atoms with Gasteiger partial charge in [0.2, 0.25) is 5.91 Å². The number of thioether (sulfide) groups is 1. The molecule has 3 rings (SSSR count). The van der Waals surface area contributed by atoms with Crippen molar-refractivity contribution in [2.24, 2.45) is 0 Å². The summed E-state index contributed by atoms with van der Waals surface area (Å²) in [6, 6.07) is 13.7. The normalized spacial score (nSPS) is 11.7. The van der Waals surface area contributed by atoms with E-state index in [-0.39, 0.29) is 5.91 Å². The van der Waals surface area contributed by atoms with Crippen LogP contribution < -0.4 is 5.32 Å². The molecule has 148 valence electrons. The van der Waals surface area contributed by atoms with Crippen molar-refractivity contribution >= 4 is 50.1 Å². The van der Waals surface area contributed by atoms with Crippen LogP contribution in [0.4, 0.5) is 5.13 Å². The Kier molecular flexibility index (Phi) is 7.42. The molecule has 5 nitrogen and oxygen atoms in total. The van der Waals surface area contributed by atoms with Gasteiger partial charge in [0.25, 0.3) is 0 Å². The molecule has 0 spiro atoms. The van der Waals surface area contributed by atoms with Gasteiger partial charge in [0, 0.05) is 21.1 Å². The third-order valence-corrected chi connectivity index (χ3v) is 6.46. The Morgan fingerprint density at radius 1 is 1.28 bits per heavy atom. The Bertz CT molecular complexity index is 1040. The number of aryl methyl sites for hydroxylation is 1. The van der Waals surface area contributed by atoms with E-state index in [0.717, 1.165) is 34.3 Å². The first-order chi connectivity index (χ1) is 14.0. The summed E-state index contributed by atoms with van der Waals surface area (Å²) in [5.41, 5.74) is 3.23. The van der Waals surface area contributed by atoms with Crippen LogP contribution in [-0.4, -0.2) is 21.1 Å². The minimum atomic E-state index is -0.411. The van der Waals surface area contributed by atoms with E-state index >= 15 is 0 Å². The van der Waals surface area contributed by atoms with Crippen molar-refractivity contribution in [2.45, 2.75) is 37.0 Å². The van der Waals surface area contributed by atoms with Gasteiger partial charge in [0.1, 0.15) is 11.1 Å². The Morgan fingerprint density at radius 2 is 2.03 bits per heavy atom. The molecule has 0 saturated carbocycles. The summed E-state index contributed by atoms with van der Waals surface area (Å²) >= 11 is 6.10. The number of aromatic nitrogens is 2. The zero-order valence-electron chi connectivity index (χ0n) is 16.0. The van der Waals surface area contributed by atoms with Crippen LogP contribution in [0.25, 0.3) is 11.3 Å². The predicted molar refractivity (Wildman–Crippen MR) is 122 cm³/mol. The minimum absolute atomic E-state index is 0.168. The molecule has 0 bridgehead atoms. The second-order valence-electron chi connectivity index (χ2n) is 6.31. The second kappa shape index (κ2) is 10.0. The summed E-state index contributed by atoms with van der Waals surface area (Å²) in [6.07, 6.45) is 1.82. The van der Waals surface area contributed by atoms with Crippen molar-refractivity contribution in [1.82, 2.24) is 9.97 Å². The van der Waals surface area contributed by atoms with Crippen LogP contribution in [-0.2, 0) is 11.2 Å². The number of nitrogens with zero attached hydrogens (tertiary/aromatic N) is 3. The smallest absolute Gasteiger partial charge is 0.239 e. The number of pyridine rings is 1. The number of benzene rings is 1. The van der Waals surface area contributed by atoms with Crippen molar-refractivity contribution in [3.05, 3.63) is 57.5 Å². The van der Waals surface area contributed by atoms with Gasteiger partial charge in [-0.2, -0.15) is 5.26 Å². The van der Waals surface area contributed by atoms with E-state index in [1.165, 1.54) is 23.1 Å². The molecule has 1 atom stereocenters. The number of carbonyl (C=O) groups excluding carboxylic acids is 1. The van der Waals surface area contributed by atoms with E-state index in [0.29, 0.717) is 15.7 Å². The molecular weight excluding hydrogens is 468 g/mol. The molecule has 0 radical (unpaired) electrons. The van der Waals surface area contributed by atoms with Crippen molar-refractivity contribution in [2.75, 3.05) is 5.32 Å². The van der Waals surface area contributed by atoms with E-state index in [1.807, 2.05) is 35.7 Å². The zero-order valence-corrected chi connectivity index (χ0v) is 19.2. The highest BCUT2D eigenvalue weighted by molar-refractivity contribution is 9.10. The number of hydrogen-bond donors (Lipinski definition) is 1. The third-order valence-electron chi connectivity index (χ3n) is 4.08. The molecule has 3 aromatic rings. The quantitative estimate of drug-likeness (QED) is 0.419. The lowest BCUT2D eigenvalue weighted by atomic mass is 10.2. The second-order valence-corrected chi connectivity index (χ2v) is 9.41. The van der Waals surface area contributed by atoms with Gasteiger partial charge in [-0.1, -0.05) is 53.2 Å². The van der Waals surface area contributed by atoms with Gasteiger partial charge in [-0.25, -0.2) is 9.97 Å². The predicted octanol–water partition coefficient (Wildman–Crippen LogP) is 5.91. The van der Waals surface area contributed by atoms with E-state index in [2.05, 4.69) is 44.2 Å². The maximum atomic E-state index is 12.6. The van der Waals surface area contributed by atoms with Crippen molar-refractivity contribution in [1.29, 1.82) is 5.26 Å². The summed E-state index contributed by atoms with van der Waals surface area (Å²) in [6.45, 7) is 3.89. The summed E-state index contributed by atoms with van der Waals surface area (Å²) in [5.74, 6) is -0.168. The fourth-order valence-electron chi connectivity index (χ4n) is 2.56. The van der Waals surface area contributed by atoms with Gasteiger partial charge in [0.15, 0.2) is 5.13 Å². The number of nitriles is 1. The molecule has 29 heavy (non-hydrogen) atoms. The number of rotatable bonds is 7. The van der Waals surface area contributed by atoms with Crippen LogP contribution >= 0.6 is 39.0 Å². The van der Waals surface area contributed by atoms with Gasteiger partial charge < -0.3 is 5.32 Å². The Balaban J connectivity index is 1.68. The van der Waals surface area contributed by atoms with Crippen LogP contribution in [0.2, 0.25) is 0 Å². The molecule has 0 aliphatic rings. The molecule has 1 amide bonds. The third kappa shape index (κ3) is 5.66. The fraction of sp³-hybridized carbons (Fsp3) is 0.238. The van der Waals surface area contributed by atoms with Gasteiger partial charge in [0.05, 0.1) is 16.5 Å². The molecule has 2 aromatic heterocycles. The lowest BCUT2D eigenvalue weighted by molar-refractivity contribution is -0.115. The van der Waals surface area contributed by atoms with Crippen LogP contribution in [0, 0.1) is 11.3 Å². The lowest BCUT2D eigenvalue weighted by Gasteiger charge is -2.12. The highest BCUT2D eigenvalue weighted by Gasteiger charge is 2.19. The highest BCUT2D eigenvalue weighted by Crippen LogP contribution is 2.29. The highest BCUT2D eigenvalue weighted by atomic mass is 79.9. The number of halogens is 1. The van der Waals surface area contributed by atoms with Crippen molar-refractivity contribution < 1.29 is 4.79 Å². The average molecular weight is 487 g/mol. The molecule has 0 saturated heterocycles. The summed E-state index contributed by atoms with van der Waals surface area (Å²) in [4.78, 5) is 21.7. The minimum Gasteiger partial charge on any atom is -0.301 e. The summed E-state index contributed by atoms with van der Waals surface area (Å²) < 4.78 is 1.00. The molecule has 0 aliphatic carbocycles. The Labute approximate surface area is 186 Å². The molecular formula is C21H19BrN4OS2. The van der Waals surface area contributed by atoms with Crippen molar-refractivity contribution in [3.8, 4) is 17.3 Å². The summed E-state index contributed by atoms with van der Waals surface area (Å²) in [5, 5.41) is 14.9. The van der Waals surface area contributed by atoms with Gasteiger partial charge >= 0.3 is 0 Å². The molecule has 0 aliphatic heterocycles. The van der Waals surface area contributed by atoms with E-state index in [9.17, 15) is 10.1 Å². The van der Waals surface area contributed by atoms with Crippen LogP contribution in [0.1, 0.15) is 31.5 Å². The number of anilines is 1. The first kappa shape index (κ1) is 21.5. The van der Waals surface area contributed by atoms with E-state index in [1.54, 1.807) is 13.0 Å². The van der Waals surface area contributed by atoms with Gasteiger partial charge in [-0.05, 0) is 37.6 Å². The fourth-order valence-corrected chi connectivity index (χ4v) is 4.46. The first-order valence-corrected chi connectivity index (χ1v) is 11.6. The first-order valence-electron chi connectivity index (χ1n) is 9.09. The number of amides is 1.